The monoisotopic (exact) mass is 171 g/mol. The van der Waals surface area contributed by atoms with Crippen LogP contribution in [0.2, 0.25) is 0 Å². The first-order chi connectivity index (χ1) is 6.36. The second-order valence-corrected chi connectivity index (χ2v) is 3.33. The van der Waals surface area contributed by atoms with E-state index in [1.807, 2.05) is 13.1 Å². The number of hydrogen-bond donors (Lipinski definition) is 0. The predicted molar refractivity (Wildman–Crippen MR) is 55.3 cm³/mol. The Morgan fingerprint density at radius 2 is 2.15 bits per heavy atom. The third kappa shape index (κ3) is 1.86. The van der Waals surface area contributed by atoms with Gasteiger partial charge in [-0.05, 0) is 37.0 Å². The van der Waals surface area contributed by atoms with Gasteiger partial charge in [-0.15, -0.1) is 0 Å². The van der Waals surface area contributed by atoms with Gasteiger partial charge in [0, 0.05) is 11.9 Å². The van der Waals surface area contributed by atoms with Gasteiger partial charge in [0.1, 0.15) is 0 Å². The normalized spacial score (nSPS) is 15.6. The van der Waals surface area contributed by atoms with Crippen LogP contribution >= 0.6 is 0 Å². The Balaban J connectivity index is 2.30. The molecule has 1 heterocycles. The molecule has 66 valence electrons. The Labute approximate surface area is 78.8 Å². The van der Waals surface area contributed by atoms with Crippen LogP contribution in [0.5, 0.6) is 0 Å². The Kier molecular flexibility index (Phi) is 2.26. The fraction of sp³-hybridized carbons (Fsp3) is 0.250. The lowest BCUT2D eigenvalue weighted by Crippen LogP contribution is -1.88. The molecule has 0 aliphatic heterocycles. The quantitative estimate of drug-likeness (QED) is 0.632. The molecule has 0 spiro atoms. The van der Waals surface area contributed by atoms with Gasteiger partial charge in [0.25, 0.3) is 0 Å². The number of allylic oxidation sites excluding steroid dienone is 4. The molecule has 1 aliphatic rings. The van der Waals surface area contributed by atoms with Crippen LogP contribution in [0.15, 0.2) is 36.6 Å². The summed E-state index contributed by atoms with van der Waals surface area (Å²) in [6, 6.07) is 4.18. The van der Waals surface area contributed by atoms with Crippen LogP contribution in [0, 0.1) is 6.92 Å². The summed E-state index contributed by atoms with van der Waals surface area (Å²) >= 11 is 0. The average Bonchev–Trinajstić information content (AvgIpc) is 2.20. The van der Waals surface area contributed by atoms with Gasteiger partial charge in [-0.3, -0.25) is 4.98 Å². The Morgan fingerprint density at radius 3 is 2.77 bits per heavy atom. The van der Waals surface area contributed by atoms with E-state index in [-0.39, 0.29) is 0 Å². The summed E-state index contributed by atoms with van der Waals surface area (Å²) in [7, 11) is 0. The maximum Gasteiger partial charge on any atom is 0.0373 e. The summed E-state index contributed by atoms with van der Waals surface area (Å²) < 4.78 is 0. The first-order valence-electron chi connectivity index (χ1n) is 4.66. The third-order valence-electron chi connectivity index (χ3n) is 2.24. The van der Waals surface area contributed by atoms with Gasteiger partial charge < -0.3 is 0 Å². The molecule has 0 atom stereocenters. The van der Waals surface area contributed by atoms with Gasteiger partial charge in [-0.25, -0.2) is 0 Å². The second-order valence-electron chi connectivity index (χ2n) is 3.33. The van der Waals surface area contributed by atoms with Crippen molar-refractivity contribution in [3.63, 3.8) is 0 Å². The maximum atomic E-state index is 4.28. The lowest BCUT2D eigenvalue weighted by atomic mass is 10.0. The zero-order valence-electron chi connectivity index (χ0n) is 7.83. The zero-order valence-corrected chi connectivity index (χ0v) is 7.83. The van der Waals surface area contributed by atoms with Crippen molar-refractivity contribution in [2.45, 2.75) is 19.8 Å². The van der Waals surface area contributed by atoms with Crippen LogP contribution in [-0.2, 0) is 0 Å². The molecule has 0 saturated heterocycles. The molecule has 1 nitrogen and oxygen atoms in total. The van der Waals surface area contributed by atoms with Gasteiger partial charge >= 0.3 is 0 Å². The number of aryl methyl sites for hydroxylation is 1. The van der Waals surface area contributed by atoms with Gasteiger partial charge in [0.15, 0.2) is 0 Å². The number of pyridine rings is 1. The van der Waals surface area contributed by atoms with Crippen molar-refractivity contribution in [2.24, 2.45) is 0 Å². The predicted octanol–water partition coefficient (Wildman–Crippen LogP) is 3.12. The minimum absolute atomic E-state index is 1.07. The zero-order chi connectivity index (χ0) is 9.10. The van der Waals surface area contributed by atoms with Crippen LogP contribution in [0.4, 0.5) is 0 Å². The van der Waals surface area contributed by atoms with Crippen LogP contribution in [0.25, 0.3) is 5.57 Å². The lowest BCUT2D eigenvalue weighted by Gasteiger charge is -2.06. The van der Waals surface area contributed by atoms with E-state index in [2.05, 4.69) is 35.3 Å². The largest absolute Gasteiger partial charge is 0.261 e. The molecule has 0 radical (unpaired) electrons. The molecule has 1 aliphatic carbocycles. The average molecular weight is 171 g/mol. The first-order valence-corrected chi connectivity index (χ1v) is 4.66. The van der Waals surface area contributed by atoms with Crippen LogP contribution in [0.1, 0.15) is 24.1 Å². The minimum Gasteiger partial charge on any atom is -0.261 e. The van der Waals surface area contributed by atoms with Gasteiger partial charge in [-0.2, -0.15) is 0 Å². The van der Waals surface area contributed by atoms with E-state index in [4.69, 9.17) is 0 Å². The van der Waals surface area contributed by atoms with E-state index >= 15 is 0 Å². The molecule has 2 rings (SSSR count). The third-order valence-corrected chi connectivity index (χ3v) is 2.24. The van der Waals surface area contributed by atoms with Crippen LogP contribution < -0.4 is 0 Å². The number of hydrogen-bond acceptors (Lipinski definition) is 1. The van der Waals surface area contributed by atoms with Crippen molar-refractivity contribution >= 4 is 5.57 Å². The lowest BCUT2D eigenvalue weighted by molar-refractivity contribution is 1.04. The molecule has 0 saturated carbocycles. The number of nitrogens with zero attached hydrogens (tertiary/aromatic N) is 1. The Bertz CT molecular complexity index is 344. The second kappa shape index (κ2) is 3.56. The molecule has 0 amide bonds. The summed E-state index contributed by atoms with van der Waals surface area (Å²) in [5, 5.41) is 0. The highest BCUT2D eigenvalue weighted by Gasteiger charge is 2.00. The number of rotatable bonds is 1. The topological polar surface area (TPSA) is 12.9 Å². The molecule has 1 aromatic heterocycles. The van der Waals surface area contributed by atoms with E-state index in [0.717, 1.165) is 12.1 Å². The molecule has 1 heteroatoms. The van der Waals surface area contributed by atoms with E-state index in [1.165, 1.54) is 17.6 Å². The van der Waals surface area contributed by atoms with E-state index in [0.29, 0.717) is 0 Å². The minimum atomic E-state index is 1.07. The van der Waals surface area contributed by atoms with Gasteiger partial charge in [-0.1, -0.05) is 24.3 Å². The van der Waals surface area contributed by atoms with E-state index in [9.17, 15) is 0 Å². The summed E-state index contributed by atoms with van der Waals surface area (Å²) in [5.41, 5.74) is 3.60. The van der Waals surface area contributed by atoms with Crippen molar-refractivity contribution < 1.29 is 0 Å². The van der Waals surface area contributed by atoms with Crippen molar-refractivity contribution in [2.75, 3.05) is 0 Å². The molecular formula is C12H13N. The van der Waals surface area contributed by atoms with Crippen molar-refractivity contribution in [3.8, 4) is 0 Å². The molecule has 1 aromatic rings. The molecule has 0 bridgehead atoms. The molecule has 0 fully saturated rings. The Morgan fingerprint density at radius 1 is 1.23 bits per heavy atom. The fourth-order valence-electron chi connectivity index (χ4n) is 1.47. The highest BCUT2D eigenvalue weighted by molar-refractivity contribution is 5.74. The van der Waals surface area contributed by atoms with Crippen molar-refractivity contribution in [1.29, 1.82) is 0 Å². The SMILES string of the molecule is Cc1ccc(C2=CCCC=C2)cn1. The van der Waals surface area contributed by atoms with Crippen molar-refractivity contribution in [1.82, 2.24) is 4.98 Å². The maximum absolute atomic E-state index is 4.28. The molecule has 13 heavy (non-hydrogen) atoms. The van der Waals surface area contributed by atoms with E-state index < -0.39 is 0 Å². The summed E-state index contributed by atoms with van der Waals surface area (Å²) in [6.07, 6.45) is 10.9. The molecular weight excluding hydrogens is 158 g/mol. The van der Waals surface area contributed by atoms with Crippen molar-refractivity contribution in [3.05, 3.63) is 47.8 Å². The fourth-order valence-corrected chi connectivity index (χ4v) is 1.47. The summed E-state index contributed by atoms with van der Waals surface area (Å²) in [4.78, 5) is 4.28. The van der Waals surface area contributed by atoms with Crippen LogP contribution in [-0.4, -0.2) is 4.98 Å². The highest BCUT2D eigenvalue weighted by atomic mass is 14.7. The highest BCUT2D eigenvalue weighted by Crippen LogP contribution is 2.20. The standard InChI is InChI=1S/C12H13N/c1-10-7-8-12(9-13-10)11-5-3-2-4-6-11/h3,5-9H,2,4H2,1H3. The first kappa shape index (κ1) is 8.24. The van der Waals surface area contributed by atoms with Gasteiger partial charge in [0.2, 0.25) is 0 Å². The molecule has 0 aromatic carbocycles. The van der Waals surface area contributed by atoms with Gasteiger partial charge in [0.05, 0.1) is 0 Å². The summed E-state index contributed by atoms with van der Waals surface area (Å²) in [5.74, 6) is 0. The number of aromatic nitrogens is 1. The molecule has 0 unspecified atom stereocenters. The summed E-state index contributed by atoms with van der Waals surface area (Å²) in [6.45, 7) is 2.01. The Hall–Kier alpha value is -1.37. The molecule has 0 N–H and O–H groups in total. The van der Waals surface area contributed by atoms with E-state index in [1.54, 1.807) is 0 Å². The smallest absolute Gasteiger partial charge is 0.0373 e. The van der Waals surface area contributed by atoms with Crippen LogP contribution in [0.3, 0.4) is 0 Å².